The lowest BCUT2D eigenvalue weighted by molar-refractivity contribution is 0.600. The maximum Gasteiger partial charge on any atom is 0.235 e. The second-order valence-corrected chi connectivity index (χ2v) is 10.3. The van der Waals surface area contributed by atoms with Crippen LogP contribution in [0.2, 0.25) is 10.0 Å². The van der Waals surface area contributed by atoms with Crippen LogP contribution in [0.3, 0.4) is 0 Å². The van der Waals surface area contributed by atoms with Gasteiger partial charge in [0.1, 0.15) is 5.52 Å². The van der Waals surface area contributed by atoms with E-state index in [4.69, 9.17) is 23.2 Å². The molecule has 3 aromatic rings. The summed E-state index contributed by atoms with van der Waals surface area (Å²) in [5.74, 6) is 0. The molecule has 1 aromatic heterocycles. The molecule has 0 amide bonds. The van der Waals surface area contributed by atoms with Gasteiger partial charge in [-0.15, -0.1) is 5.10 Å². The summed E-state index contributed by atoms with van der Waals surface area (Å²) in [6.45, 7) is 7.83. The number of nitrogens with zero attached hydrogens (tertiary/aromatic N) is 2. The van der Waals surface area contributed by atoms with Gasteiger partial charge in [-0.05, 0) is 62.1 Å². The molecule has 0 aliphatic heterocycles. The van der Waals surface area contributed by atoms with E-state index in [1.54, 1.807) is 30.5 Å². The number of halogens is 2. The van der Waals surface area contributed by atoms with Crippen LogP contribution in [0.25, 0.3) is 16.5 Å². The zero-order valence-electron chi connectivity index (χ0n) is 16.5. The molecular formula is C21H20Cl2N4O2S. The molecule has 30 heavy (non-hydrogen) atoms. The van der Waals surface area contributed by atoms with Crippen molar-refractivity contribution < 1.29 is 8.42 Å². The molecule has 0 saturated heterocycles. The van der Waals surface area contributed by atoms with Gasteiger partial charge >= 0.3 is 0 Å². The number of allylic oxidation sites excluding steroid dienone is 1. The van der Waals surface area contributed by atoms with Crippen molar-refractivity contribution in [1.29, 1.82) is 0 Å². The predicted octanol–water partition coefficient (Wildman–Crippen LogP) is 5.93. The zero-order valence-corrected chi connectivity index (χ0v) is 18.8. The quantitative estimate of drug-likeness (QED) is 0.474. The molecular weight excluding hydrogens is 443 g/mol. The summed E-state index contributed by atoms with van der Waals surface area (Å²) in [5.41, 5.74) is 4.39. The van der Waals surface area contributed by atoms with E-state index in [2.05, 4.69) is 26.8 Å². The number of nitrogens with one attached hydrogen (secondary N) is 2. The van der Waals surface area contributed by atoms with Crippen LogP contribution in [0.5, 0.6) is 0 Å². The van der Waals surface area contributed by atoms with Crippen LogP contribution in [0.1, 0.15) is 30.9 Å². The van der Waals surface area contributed by atoms with Gasteiger partial charge in [0.2, 0.25) is 10.0 Å². The second kappa shape index (κ2) is 7.72. The van der Waals surface area contributed by atoms with Gasteiger partial charge in [0.15, 0.2) is 0 Å². The van der Waals surface area contributed by atoms with Gasteiger partial charge in [-0.2, -0.15) is 5.10 Å². The molecule has 0 atom stereocenters. The fraction of sp³-hybridized carbons (Fsp3) is 0.238. The lowest BCUT2D eigenvalue weighted by atomic mass is 9.99. The zero-order chi connectivity index (χ0) is 21.6. The minimum atomic E-state index is -3.51. The summed E-state index contributed by atoms with van der Waals surface area (Å²) in [5, 5.41) is 13.0. The Morgan fingerprint density at radius 3 is 2.57 bits per heavy atom. The molecule has 1 fully saturated rings. The second-order valence-electron chi connectivity index (χ2n) is 7.47. The number of aromatic nitrogens is 2. The van der Waals surface area contributed by atoms with Crippen molar-refractivity contribution in [2.75, 3.05) is 10.0 Å². The Morgan fingerprint density at radius 1 is 1.20 bits per heavy atom. The Labute approximate surface area is 185 Å². The maximum absolute atomic E-state index is 12.7. The monoisotopic (exact) mass is 462 g/mol. The number of hydrogen-bond acceptors (Lipinski definition) is 5. The molecule has 1 heterocycles. The van der Waals surface area contributed by atoms with Crippen molar-refractivity contribution in [1.82, 2.24) is 10.2 Å². The van der Waals surface area contributed by atoms with E-state index in [0.717, 1.165) is 10.9 Å². The van der Waals surface area contributed by atoms with Crippen molar-refractivity contribution >= 4 is 66.8 Å². The van der Waals surface area contributed by atoms with Gasteiger partial charge in [0.05, 0.1) is 33.5 Å². The van der Waals surface area contributed by atoms with Crippen LogP contribution in [-0.4, -0.2) is 23.9 Å². The first kappa shape index (κ1) is 20.9. The summed E-state index contributed by atoms with van der Waals surface area (Å²) < 4.78 is 28.3. The van der Waals surface area contributed by atoms with E-state index in [1.165, 1.54) is 0 Å². The highest BCUT2D eigenvalue weighted by Crippen LogP contribution is 2.42. The van der Waals surface area contributed by atoms with Crippen LogP contribution in [0.15, 0.2) is 37.0 Å². The molecule has 156 valence electrons. The first-order valence-corrected chi connectivity index (χ1v) is 11.7. The van der Waals surface area contributed by atoms with Crippen LogP contribution >= 0.6 is 23.2 Å². The standard InChI is InChI=1S/C21H20Cl2N4O2S/c1-11(2)19-20-15(12(3)10-24-26-20)9-18(27-30(28,29)14-5-6-14)21(19)25-17-7-4-13(22)8-16(17)23/h4,7-10,14,25,27H,1,5-6H2,2-3H3. The highest BCUT2D eigenvalue weighted by Gasteiger charge is 2.36. The summed E-state index contributed by atoms with van der Waals surface area (Å²) in [4.78, 5) is 0. The fourth-order valence-corrected chi connectivity index (χ4v) is 5.13. The van der Waals surface area contributed by atoms with E-state index in [1.807, 2.05) is 13.8 Å². The normalized spacial score (nSPS) is 14.0. The summed E-state index contributed by atoms with van der Waals surface area (Å²) in [6.07, 6.45) is 2.96. The molecule has 0 unspecified atom stereocenters. The Morgan fingerprint density at radius 2 is 1.93 bits per heavy atom. The van der Waals surface area contributed by atoms with Gasteiger partial charge < -0.3 is 5.32 Å². The number of fused-ring (bicyclic) bond motifs is 1. The Kier molecular flexibility index (Phi) is 5.38. The molecule has 4 rings (SSSR count). The highest BCUT2D eigenvalue weighted by atomic mass is 35.5. The van der Waals surface area contributed by atoms with Gasteiger partial charge in [-0.1, -0.05) is 29.8 Å². The molecule has 1 aliphatic carbocycles. The number of sulfonamides is 1. The maximum atomic E-state index is 12.7. The molecule has 0 bridgehead atoms. The molecule has 0 spiro atoms. The molecule has 6 nitrogen and oxygen atoms in total. The molecule has 1 aliphatic rings. The van der Waals surface area contributed by atoms with Crippen molar-refractivity contribution in [3.63, 3.8) is 0 Å². The smallest absolute Gasteiger partial charge is 0.235 e. The van der Waals surface area contributed by atoms with Crippen molar-refractivity contribution in [2.24, 2.45) is 0 Å². The van der Waals surface area contributed by atoms with E-state index in [-0.39, 0.29) is 5.25 Å². The molecule has 2 N–H and O–H groups in total. The third kappa shape index (κ3) is 3.97. The minimum Gasteiger partial charge on any atom is -0.352 e. The van der Waals surface area contributed by atoms with Crippen LogP contribution in [0, 0.1) is 6.92 Å². The average Bonchev–Trinajstić information content (AvgIpc) is 3.50. The Bertz CT molecular complexity index is 1290. The van der Waals surface area contributed by atoms with E-state index in [9.17, 15) is 8.42 Å². The SMILES string of the molecule is C=C(C)c1c(Nc2ccc(Cl)cc2Cl)c(NS(=O)(=O)C2CC2)cc2c(C)cnnc12. The minimum absolute atomic E-state index is 0.370. The predicted molar refractivity (Wildman–Crippen MR) is 124 cm³/mol. The first-order valence-electron chi connectivity index (χ1n) is 9.36. The molecule has 2 aromatic carbocycles. The Hall–Kier alpha value is -2.35. The Balaban J connectivity index is 1.97. The molecule has 1 saturated carbocycles. The number of benzene rings is 2. The third-order valence-electron chi connectivity index (χ3n) is 4.97. The van der Waals surface area contributed by atoms with E-state index >= 15 is 0 Å². The topological polar surface area (TPSA) is 84.0 Å². The number of aryl methyl sites for hydroxylation is 1. The summed E-state index contributed by atoms with van der Waals surface area (Å²) >= 11 is 12.4. The van der Waals surface area contributed by atoms with Crippen molar-refractivity contribution in [3.8, 4) is 0 Å². The summed E-state index contributed by atoms with van der Waals surface area (Å²) in [6, 6.07) is 6.83. The number of hydrogen-bond donors (Lipinski definition) is 2. The lowest BCUT2D eigenvalue weighted by Gasteiger charge is -2.21. The van der Waals surface area contributed by atoms with Crippen molar-refractivity contribution in [2.45, 2.75) is 31.9 Å². The van der Waals surface area contributed by atoms with Gasteiger partial charge in [0.25, 0.3) is 0 Å². The van der Waals surface area contributed by atoms with Crippen LogP contribution < -0.4 is 10.0 Å². The molecule has 0 radical (unpaired) electrons. The van der Waals surface area contributed by atoms with Gasteiger partial charge in [-0.25, -0.2) is 8.42 Å². The number of anilines is 3. The lowest BCUT2D eigenvalue weighted by Crippen LogP contribution is -2.18. The largest absolute Gasteiger partial charge is 0.352 e. The van der Waals surface area contributed by atoms with E-state index in [0.29, 0.717) is 56.6 Å². The third-order valence-corrected chi connectivity index (χ3v) is 7.37. The average molecular weight is 463 g/mol. The number of rotatable bonds is 6. The van der Waals surface area contributed by atoms with Crippen LogP contribution in [-0.2, 0) is 10.0 Å². The van der Waals surface area contributed by atoms with Crippen molar-refractivity contribution in [3.05, 3.63) is 58.2 Å². The van der Waals surface area contributed by atoms with Gasteiger partial charge in [0, 0.05) is 16.0 Å². The highest BCUT2D eigenvalue weighted by molar-refractivity contribution is 7.93. The fourth-order valence-electron chi connectivity index (χ4n) is 3.29. The summed E-state index contributed by atoms with van der Waals surface area (Å²) in [7, 11) is -3.51. The van der Waals surface area contributed by atoms with E-state index < -0.39 is 10.0 Å². The first-order chi connectivity index (χ1) is 14.2. The molecule has 9 heteroatoms. The van der Waals surface area contributed by atoms with Crippen LogP contribution in [0.4, 0.5) is 17.1 Å². The van der Waals surface area contributed by atoms with Gasteiger partial charge in [-0.3, -0.25) is 4.72 Å².